The molecule has 1 N–H and O–H groups in total. The van der Waals surface area contributed by atoms with Crippen LogP contribution in [0.3, 0.4) is 0 Å². The Bertz CT molecular complexity index is 540. The minimum atomic E-state index is -2.87. The number of nitrogens with zero attached hydrogens (tertiary/aromatic N) is 2. The van der Waals surface area contributed by atoms with E-state index in [0.29, 0.717) is 18.3 Å². The van der Waals surface area contributed by atoms with Crippen molar-refractivity contribution >= 4 is 9.84 Å². The molecule has 2 aliphatic rings. The van der Waals surface area contributed by atoms with Gasteiger partial charge >= 0.3 is 0 Å². The van der Waals surface area contributed by atoms with E-state index < -0.39 is 9.84 Å². The minimum absolute atomic E-state index is 0.0177. The number of rotatable bonds is 4. The first-order chi connectivity index (χ1) is 8.62. The van der Waals surface area contributed by atoms with E-state index in [0.717, 1.165) is 12.2 Å². The van der Waals surface area contributed by atoms with E-state index >= 15 is 0 Å². The molecule has 1 saturated carbocycles. The predicted octanol–water partition coefficient (Wildman–Crippen LogP) is 0.631. The second-order valence-electron chi connectivity index (χ2n) is 5.16. The van der Waals surface area contributed by atoms with E-state index in [2.05, 4.69) is 15.3 Å². The highest BCUT2D eigenvalue weighted by atomic mass is 32.2. The van der Waals surface area contributed by atoms with Crippen LogP contribution in [0.1, 0.15) is 36.7 Å². The lowest BCUT2D eigenvalue weighted by Crippen LogP contribution is -2.17. The molecule has 6 heteroatoms. The molecule has 1 unspecified atom stereocenters. The zero-order chi connectivity index (χ0) is 12.6. The van der Waals surface area contributed by atoms with Gasteiger partial charge in [0.15, 0.2) is 9.84 Å². The molecule has 2 heterocycles. The van der Waals surface area contributed by atoms with Crippen LogP contribution >= 0.6 is 0 Å². The summed E-state index contributed by atoms with van der Waals surface area (Å²) < 4.78 is 22.9. The van der Waals surface area contributed by atoms with Crippen LogP contribution in [-0.2, 0) is 16.4 Å². The number of sulfone groups is 1. The SMILES string of the molecule is O=S1(=O)CCC(c2nccc(CNC3CC3)n2)C1. The van der Waals surface area contributed by atoms with Crippen molar-refractivity contribution in [2.24, 2.45) is 0 Å². The lowest BCUT2D eigenvalue weighted by Gasteiger charge is -2.08. The van der Waals surface area contributed by atoms with Gasteiger partial charge in [0, 0.05) is 24.7 Å². The van der Waals surface area contributed by atoms with Crippen molar-refractivity contribution in [1.82, 2.24) is 15.3 Å². The summed E-state index contributed by atoms with van der Waals surface area (Å²) in [5, 5.41) is 3.40. The van der Waals surface area contributed by atoms with Gasteiger partial charge in [-0.15, -0.1) is 0 Å². The number of hydrogen-bond donors (Lipinski definition) is 1. The Kier molecular flexibility index (Phi) is 3.07. The van der Waals surface area contributed by atoms with E-state index in [9.17, 15) is 8.42 Å². The summed E-state index contributed by atoms with van der Waals surface area (Å²) in [6.45, 7) is 0.750. The first-order valence-electron chi connectivity index (χ1n) is 6.38. The first-order valence-corrected chi connectivity index (χ1v) is 8.20. The molecule has 0 bridgehead atoms. The van der Waals surface area contributed by atoms with E-state index in [1.54, 1.807) is 6.20 Å². The van der Waals surface area contributed by atoms with Gasteiger partial charge in [-0.05, 0) is 25.3 Å². The molecule has 2 fully saturated rings. The standard InChI is InChI=1S/C12H17N3O2S/c16-18(17)6-4-9(8-18)12-13-5-3-11(15-12)7-14-10-1-2-10/h3,5,9-10,14H,1-2,4,6-8H2. The van der Waals surface area contributed by atoms with Crippen LogP contribution in [0.2, 0.25) is 0 Å². The third kappa shape index (κ3) is 2.87. The van der Waals surface area contributed by atoms with Crippen LogP contribution in [0.5, 0.6) is 0 Å². The Balaban J connectivity index is 1.70. The van der Waals surface area contributed by atoms with Gasteiger partial charge in [0.25, 0.3) is 0 Å². The predicted molar refractivity (Wildman–Crippen MR) is 67.9 cm³/mol. The van der Waals surface area contributed by atoms with Crippen molar-refractivity contribution in [3.63, 3.8) is 0 Å². The first kappa shape index (κ1) is 12.0. The van der Waals surface area contributed by atoms with E-state index in [-0.39, 0.29) is 17.4 Å². The van der Waals surface area contributed by atoms with Gasteiger partial charge < -0.3 is 5.32 Å². The second kappa shape index (κ2) is 4.59. The van der Waals surface area contributed by atoms with E-state index in [4.69, 9.17) is 0 Å². The average Bonchev–Trinajstić information content (AvgIpc) is 3.10. The van der Waals surface area contributed by atoms with Crippen LogP contribution in [0.15, 0.2) is 12.3 Å². The van der Waals surface area contributed by atoms with Crippen molar-refractivity contribution in [3.8, 4) is 0 Å². The van der Waals surface area contributed by atoms with E-state index in [1.807, 2.05) is 6.07 Å². The Morgan fingerprint density at radius 3 is 2.83 bits per heavy atom. The van der Waals surface area contributed by atoms with Gasteiger partial charge in [-0.1, -0.05) is 0 Å². The van der Waals surface area contributed by atoms with Gasteiger partial charge in [-0.2, -0.15) is 0 Å². The van der Waals surface area contributed by atoms with Crippen molar-refractivity contribution in [1.29, 1.82) is 0 Å². The molecular formula is C12H17N3O2S. The van der Waals surface area contributed by atoms with Crippen molar-refractivity contribution < 1.29 is 8.42 Å². The quantitative estimate of drug-likeness (QED) is 0.866. The van der Waals surface area contributed by atoms with Gasteiger partial charge in [0.2, 0.25) is 0 Å². The molecule has 1 aliphatic heterocycles. The normalized spacial score (nSPS) is 26.3. The summed E-state index contributed by atoms with van der Waals surface area (Å²) >= 11 is 0. The lowest BCUT2D eigenvalue weighted by atomic mass is 10.1. The van der Waals surface area contributed by atoms with Crippen LogP contribution < -0.4 is 5.32 Å². The maximum atomic E-state index is 11.5. The van der Waals surface area contributed by atoms with Gasteiger partial charge in [-0.25, -0.2) is 18.4 Å². The number of aromatic nitrogens is 2. The Morgan fingerprint density at radius 2 is 2.17 bits per heavy atom. The minimum Gasteiger partial charge on any atom is -0.308 e. The highest BCUT2D eigenvalue weighted by Crippen LogP contribution is 2.26. The maximum absolute atomic E-state index is 11.5. The Hall–Kier alpha value is -1.01. The molecule has 18 heavy (non-hydrogen) atoms. The highest BCUT2D eigenvalue weighted by Gasteiger charge is 2.31. The molecule has 3 rings (SSSR count). The monoisotopic (exact) mass is 267 g/mol. The molecule has 0 amide bonds. The molecule has 0 spiro atoms. The molecule has 1 aromatic heterocycles. The molecule has 0 aromatic carbocycles. The van der Waals surface area contributed by atoms with Crippen molar-refractivity contribution in [2.45, 2.75) is 37.8 Å². The zero-order valence-electron chi connectivity index (χ0n) is 10.2. The summed E-state index contributed by atoms with van der Waals surface area (Å²) in [6.07, 6.45) is 4.89. The summed E-state index contributed by atoms with van der Waals surface area (Å²) in [4.78, 5) is 8.71. The van der Waals surface area contributed by atoms with Crippen LogP contribution in [-0.4, -0.2) is 35.9 Å². The smallest absolute Gasteiger partial charge is 0.151 e. The summed E-state index contributed by atoms with van der Waals surface area (Å²) in [5.74, 6) is 1.14. The molecule has 98 valence electrons. The highest BCUT2D eigenvalue weighted by molar-refractivity contribution is 7.91. The maximum Gasteiger partial charge on any atom is 0.151 e. The van der Waals surface area contributed by atoms with Crippen molar-refractivity contribution in [3.05, 3.63) is 23.8 Å². The fraction of sp³-hybridized carbons (Fsp3) is 0.667. The van der Waals surface area contributed by atoms with Crippen LogP contribution in [0.25, 0.3) is 0 Å². The topological polar surface area (TPSA) is 72.0 Å². The van der Waals surface area contributed by atoms with E-state index in [1.165, 1.54) is 12.8 Å². The Labute approximate surface area is 107 Å². The molecule has 5 nitrogen and oxygen atoms in total. The third-order valence-corrected chi connectivity index (χ3v) is 5.25. The van der Waals surface area contributed by atoms with Crippen LogP contribution in [0.4, 0.5) is 0 Å². The van der Waals surface area contributed by atoms with Gasteiger partial charge in [0.1, 0.15) is 5.82 Å². The van der Waals surface area contributed by atoms with Gasteiger partial charge in [0.05, 0.1) is 17.2 Å². The second-order valence-corrected chi connectivity index (χ2v) is 7.39. The number of hydrogen-bond acceptors (Lipinski definition) is 5. The fourth-order valence-corrected chi connectivity index (χ4v) is 3.98. The summed E-state index contributed by atoms with van der Waals surface area (Å²) in [6, 6.07) is 2.54. The average molecular weight is 267 g/mol. The fourth-order valence-electron chi connectivity index (χ4n) is 2.24. The lowest BCUT2D eigenvalue weighted by molar-refractivity contribution is 0.600. The molecule has 0 radical (unpaired) electrons. The molecule has 1 saturated heterocycles. The van der Waals surface area contributed by atoms with Gasteiger partial charge in [-0.3, -0.25) is 0 Å². The molecule has 1 aliphatic carbocycles. The Morgan fingerprint density at radius 1 is 1.33 bits per heavy atom. The largest absolute Gasteiger partial charge is 0.308 e. The molecular weight excluding hydrogens is 250 g/mol. The number of nitrogens with one attached hydrogen (secondary N) is 1. The summed E-state index contributed by atoms with van der Waals surface area (Å²) in [5.41, 5.74) is 0.955. The third-order valence-electron chi connectivity index (χ3n) is 3.48. The van der Waals surface area contributed by atoms with Crippen molar-refractivity contribution in [2.75, 3.05) is 11.5 Å². The zero-order valence-corrected chi connectivity index (χ0v) is 11.0. The molecule has 1 aromatic rings. The van der Waals surface area contributed by atoms with Crippen LogP contribution in [0, 0.1) is 0 Å². The summed E-state index contributed by atoms with van der Waals surface area (Å²) in [7, 11) is -2.87. The molecule has 1 atom stereocenters.